The molecule has 2 aliphatic rings. The smallest absolute Gasteiger partial charge is 0.223 e. The van der Waals surface area contributed by atoms with Gasteiger partial charge in [0.15, 0.2) is 0 Å². The first-order valence-corrected chi connectivity index (χ1v) is 6.96. The minimum Gasteiger partial charge on any atom is -0.377 e. The number of nitrogens with zero attached hydrogens (tertiary/aromatic N) is 2. The fraction of sp³-hybridized carbons (Fsp3) is 0.923. The summed E-state index contributed by atoms with van der Waals surface area (Å²) in [5.74, 6) is 0.944. The number of hydrogen-bond acceptors (Lipinski definition) is 4. The SMILES string of the molecule is CN1CCC(CCC(=O)N2CCOCC2CN)C1. The Bertz CT molecular complexity index is 285. The molecule has 5 heteroatoms. The molecule has 2 heterocycles. The van der Waals surface area contributed by atoms with Gasteiger partial charge in [0.25, 0.3) is 0 Å². The van der Waals surface area contributed by atoms with Crippen LogP contribution < -0.4 is 5.73 Å². The van der Waals surface area contributed by atoms with Crippen molar-refractivity contribution in [3.8, 4) is 0 Å². The Morgan fingerprint density at radius 3 is 2.94 bits per heavy atom. The van der Waals surface area contributed by atoms with Crippen LogP contribution in [0.25, 0.3) is 0 Å². The molecule has 2 rings (SSSR count). The predicted octanol–water partition coefficient (Wildman–Crippen LogP) is -0.0956. The molecule has 0 aromatic heterocycles. The number of carbonyl (C=O) groups excluding carboxylic acids is 1. The number of rotatable bonds is 4. The highest BCUT2D eigenvalue weighted by molar-refractivity contribution is 5.76. The topological polar surface area (TPSA) is 58.8 Å². The summed E-state index contributed by atoms with van der Waals surface area (Å²) in [5, 5.41) is 0. The molecule has 0 radical (unpaired) electrons. The van der Waals surface area contributed by atoms with Gasteiger partial charge in [-0.2, -0.15) is 0 Å². The molecule has 104 valence electrons. The summed E-state index contributed by atoms with van der Waals surface area (Å²) < 4.78 is 5.36. The van der Waals surface area contributed by atoms with Gasteiger partial charge in [-0.05, 0) is 32.4 Å². The first kappa shape index (κ1) is 13.8. The highest BCUT2D eigenvalue weighted by atomic mass is 16.5. The lowest BCUT2D eigenvalue weighted by molar-refractivity contribution is -0.139. The minimum absolute atomic E-state index is 0.0810. The molecule has 1 amide bonds. The van der Waals surface area contributed by atoms with E-state index < -0.39 is 0 Å². The van der Waals surface area contributed by atoms with Crippen molar-refractivity contribution in [3.63, 3.8) is 0 Å². The standard InChI is InChI=1S/C13H25N3O2/c1-15-5-4-11(9-15)2-3-13(17)16-6-7-18-10-12(16)8-14/h11-12H,2-10,14H2,1H3. The molecule has 0 saturated carbocycles. The third-order valence-electron chi connectivity index (χ3n) is 4.08. The van der Waals surface area contributed by atoms with Crippen molar-refractivity contribution in [2.45, 2.75) is 25.3 Å². The summed E-state index contributed by atoms with van der Waals surface area (Å²) >= 11 is 0. The van der Waals surface area contributed by atoms with Crippen molar-refractivity contribution in [2.24, 2.45) is 11.7 Å². The van der Waals surface area contributed by atoms with Gasteiger partial charge in [-0.3, -0.25) is 4.79 Å². The van der Waals surface area contributed by atoms with Crippen molar-refractivity contribution in [1.82, 2.24) is 9.80 Å². The zero-order chi connectivity index (χ0) is 13.0. The Morgan fingerprint density at radius 2 is 2.28 bits per heavy atom. The molecule has 2 unspecified atom stereocenters. The van der Waals surface area contributed by atoms with E-state index in [4.69, 9.17) is 10.5 Å². The molecule has 18 heavy (non-hydrogen) atoms. The van der Waals surface area contributed by atoms with Crippen molar-refractivity contribution >= 4 is 5.91 Å². The third-order valence-corrected chi connectivity index (χ3v) is 4.08. The number of hydrogen-bond donors (Lipinski definition) is 1. The van der Waals surface area contributed by atoms with Gasteiger partial charge in [0.1, 0.15) is 0 Å². The van der Waals surface area contributed by atoms with Crippen LogP contribution in [0.15, 0.2) is 0 Å². The van der Waals surface area contributed by atoms with Crippen LogP contribution in [-0.4, -0.2) is 68.2 Å². The van der Waals surface area contributed by atoms with Crippen LogP contribution in [-0.2, 0) is 9.53 Å². The summed E-state index contributed by atoms with van der Waals surface area (Å²) in [7, 11) is 2.15. The fourth-order valence-electron chi connectivity index (χ4n) is 2.91. The highest BCUT2D eigenvalue weighted by Gasteiger charge is 2.27. The summed E-state index contributed by atoms with van der Waals surface area (Å²) in [6.07, 6.45) is 2.90. The molecule has 2 saturated heterocycles. The second kappa shape index (κ2) is 6.50. The van der Waals surface area contributed by atoms with Gasteiger partial charge in [0, 0.05) is 26.1 Å². The van der Waals surface area contributed by atoms with E-state index in [9.17, 15) is 4.79 Å². The van der Waals surface area contributed by atoms with E-state index in [0.29, 0.717) is 38.6 Å². The van der Waals surface area contributed by atoms with E-state index in [1.807, 2.05) is 4.90 Å². The van der Waals surface area contributed by atoms with Crippen LogP contribution in [0.1, 0.15) is 19.3 Å². The van der Waals surface area contributed by atoms with Gasteiger partial charge in [-0.1, -0.05) is 0 Å². The van der Waals surface area contributed by atoms with Crippen molar-refractivity contribution in [1.29, 1.82) is 0 Å². The van der Waals surface area contributed by atoms with Gasteiger partial charge in [-0.25, -0.2) is 0 Å². The molecule has 2 atom stereocenters. The summed E-state index contributed by atoms with van der Waals surface area (Å²) in [4.78, 5) is 16.5. The Morgan fingerprint density at radius 1 is 1.44 bits per heavy atom. The molecular formula is C13H25N3O2. The van der Waals surface area contributed by atoms with Gasteiger partial charge in [0.05, 0.1) is 19.3 Å². The molecule has 2 fully saturated rings. The van der Waals surface area contributed by atoms with Crippen molar-refractivity contribution in [3.05, 3.63) is 0 Å². The summed E-state index contributed by atoms with van der Waals surface area (Å²) in [5.41, 5.74) is 5.69. The Hall–Kier alpha value is -0.650. The average Bonchev–Trinajstić information content (AvgIpc) is 2.81. The number of morpholine rings is 1. The maximum Gasteiger partial charge on any atom is 0.223 e. The largest absolute Gasteiger partial charge is 0.377 e. The maximum absolute atomic E-state index is 12.2. The van der Waals surface area contributed by atoms with E-state index in [2.05, 4.69) is 11.9 Å². The van der Waals surface area contributed by atoms with Crippen LogP contribution in [0, 0.1) is 5.92 Å². The first-order valence-electron chi connectivity index (χ1n) is 6.96. The molecule has 0 bridgehead atoms. The summed E-state index contributed by atoms with van der Waals surface area (Å²) in [6, 6.07) is 0.0810. The molecule has 2 aliphatic heterocycles. The Balaban J connectivity index is 1.76. The molecule has 0 aliphatic carbocycles. The lowest BCUT2D eigenvalue weighted by Crippen LogP contribution is -2.52. The van der Waals surface area contributed by atoms with Crippen LogP contribution in [0.5, 0.6) is 0 Å². The second-order valence-electron chi connectivity index (χ2n) is 5.51. The predicted molar refractivity (Wildman–Crippen MR) is 70.2 cm³/mol. The maximum atomic E-state index is 12.2. The monoisotopic (exact) mass is 255 g/mol. The molecule has 0 aromatic rings. The quantitative estimate of drug-likeness (QED) is 0.762. The Kier molecular flexibility index (Phi) is 4.97. The van der Waals surface area contributed by atoms with Crippen molar-refractivity contribution in [2.75, 3.05) is 46.4 Å². The minimum atomic E-state index is 0.0810. The Labute approximate surface area is 109 Å². The van der Waals surface area contributed by atoms with Crippen LogP contribution in [0.4, 0.5) is 0 Å². The highest BCUT2D eigenvalue weighted by Crippen LogP contribution is 2.20. The molecule has 2 N–H and O–H groups in total. The fourth-order valence-corrected chi connectivity index (χ4v) is 2.91. The number of nitrogens with two attached hydrogens (primary N) is 1. The second-order valence-corrected chi connectivity index (χ2v) is 5.51. The summed E-state index contributed by atoms with van der Waals surface area (Å²) in [6.45, 7) is 4.74. The molecule has 5 nitrogen and oxygen atoms in total. The number of likely N-dealkylation sites (tertiary alicyclic amines) is 1. The molecule has 0 aromatic carbocycles. The lowest BCUT2D eigenvalue weighted by Gasteiger charge is -2.35. The van der Waals surface area contributed by atoms with Crippen LogP contribution in [0.3, 0.4) is 0 Å². The van der Waals surface area contributed by atoms with Crippen LogP contribution in [0.2, 0.25) is 0 Å². The lowest BCUT2D eigenvalue weighted by atomic mass is 10.0. The third kappa shape index (κ3) is 3.43. The van der Waals surface area contributed by atoms with E-state index in [0.717, 1.165) is 13.0 Å². The van der Waals surface area contributed by atoms with Gasteiger partial charge in [0.2, 0.25) is 5.91 Å². The zero-order valence-electron chi connectivity index (χ0n) is 11.3. The van der Waals surface area contributed by atoms with Gasteiger partial charge < -0.3 is 20.3 Å². The van der Waals surface area contributed by atoms with Crippen LogP contribution >= 0.6 is 0 Å². The number of ether oxygens (including phenoxy) is 1. The van der Waals surface area contributed by atoms with E-state index in [1.165, 1.54) is 13.0 Å². The van der Waals surface area contributed by atoms with E-state index in [-0.39, 0.29) is 11.9 Å². The number of carbonyl (C=O) groups is 1. The molecule has 0 spiro atoms. The van der Waals surface area contributed by atoms with Gasteiger partial charge in [-0.15, -0.1) is 0 Å². The molecular weight excluding hydrogens is 230 g/mol. The van der Waals surface area contributed by atoms with E-state index >= 15 is 0 Å². The zero-order valence-corrected chi connectivity index (χ0v) is 11.3. The van der Waals surface area contributed by atoms with Gasteiger partial charge >= 0.3 is 0 Å². The average molecular weight is 255 g/mol. The van der Waals surface area contributed by atoms with Crippen molar-refractivity contribution < 1.29 is 9.53 Å². The number of amides is 1. The normalized spacial score (nSPS) is 29.8. The van der Waals surface area contributed by atoms with E-state index in [1.54, 1.807) is 0 Å². The first-order chi connectivity index (χ1) is 8.70.